The molecule has 0 aliphatic heterocycles. The number of carbonyl (C=O) groups is 3. The number of hydroxylamine groups is 1. The molecule has 0 aromatic heterocycles. The second-order valence-corrected chi connectivity index (χ2v) is 6.32. The van der Waals surface area contributed by atoms with Crippen LogP contribution in [0.2, 0.25) is 0 Å². The maximum absolute atomic E-state index is 12.2. The summed E-state index contributed by atoms with van der Waals surface area (Å²) in [6.45, 7) is 4.62. The van der Waals surface area contributed by atoms with Crippen LogP contribution in [0.25, 0.3) is 0 Å². The highest BCUT2D eigenvalue weighted by Gasteiger charge is 2.25. The lowest BCUT2D eigenvalue weighted by atomic mass is 10.1. The predicted octanol–water partition coefficient (Wildman–Crippen LogP) is 0.450. The first-order valence-electron chi connectivity index (χ1n) is 7.59. The minimum Gasteiger partial charge on any atom is -0.508 e. The summed E-state index contributed by atoms with van der Waals surface area (Å²) in [5.74, 6) is -1.35. The average molecular weight is 353 g/mol. The van der Waals surface area contributed by atoms with Gasteiger partial charge in [0.15, 0.2) is 0 Å². The quantitative estimate of drug-likeness (QED) is 0.372. The minimum atomic E-state index is -1.01. The topological polar surface area (TPSA) is 137 Å². The molecule has 0 heterocycles. The summed E-state index contributed by atoms with van der Waals surface area (Å²) in [4.78, 5) is 35.2. The van der Waals surface area contributed by atoms with Crippen molar-refractivity contribution in [2.45, 2.75) is 38.8 Å². The van der Waals surface area contributed by atoms with Crippen molar-refractivity contribution >= 4 is 17.9 Å². The summed E-state index contributed by atoms with van der Waals surface area (Å²) in [7, 11) is 0. The Hall–Kier alpha value is -2.81. The second-order valence-electron chi connectivity index (χ2n) is 6.32. The van der Waals surface area contributed by atoms with Crippen molar-refractivity contribution in [3.8, 4) is 5.75 Å². The third kappa shape index (κ3) is 8.02. The number of ether oxygens (including phenoxy) is 1. The standard InChI is InChI=1S/C16H23N3O6/c1-16(2,3)25-15(23)18-12(14(22)17-9-13(21)19-24)8-10-4-6-11(20)7-5-10/h4-7,12,20,24H,8-9H2,1-3H3,(H,17,22)(H,18,23)(H,19,21)/t12-/m0/s1. The third-order valence-corrected chi connectivity index (χ3v) is 2.93. The summed E-state index contributed by atoms with van der Waals surface area (Å²) >= 11 is 0. The van der Waals surface area contributed by atoms with Crippen LogP contribution in [-0.2, 0) is 20.7 Å². The molecule has 0 unspecified atom stereocenters. The Kier molecular flexibility index (Phi) is 7.19. The molecule has 0 fully saturated rings. The number of hydrogen-bond acceptors (Lipinski definition) is 6. The second kappa shape index (κ2) is 8.88. The molecular weight excluding hydrogens is 330 g/mol. The van der Waals surface area contributed by atoms with E-state index in [0.717, 1.165) is 0 Å². The normalized spacial score (nSPS) is 12.0. The van der Waals surface area contributed by atoms with Crippen LogP contribution in [0.4, 0.5) is 4.79 Å². The van der Waals surface area contributed by atoms with Gasteiger partial charge in [-0.25, -0.2) is 10.3 Å². The van der Waals surface area contributed by atoms with Crippen molar-refractivity contribution in [3.05, 3.63) is 29.8 Å². The number of rotatable bonds is 6. The molecule has 0 aliphatic carbocycles. The van der Waals surface area contributed by atoms with E-state index in [9.17, 15) is 19.5 Å². The van der Waals surface area contributed by atoms with Crippen LogP contribution < -0.4 is 16.1 Å². The van der Waals surface area contributed by atoms with Gasteiger partial charge in [0.25, 0.3) is 5.91 Å². The van der Waals surface area contributed by atoms with E-state index in [1.807, 2.05) is 0 Å². The molecule has 0 spiro atoms. The molecule has 5 N–H and O–H groups in total. The van der Waals surface area contributed by atoms with Crippen molar-refractivity contribution in [1.29, 1.82) is 0 Å². The van der Waals surface area contributed by atoms with Crippen molar-refractivity contribution in [1.82, 2.24) is 16.1 Å². The molecule has 0 saturated carbocycles. The van der Waals surface area contributed by atoms with Crippen LogP contribution in [0.1, 0.15) is 26.3 Å². The third-order valence-electron chi connectivity index (χ3n) is 2.93. The van der Waals surface area contributed by atoms with Gasteiger partial charge in [0.1, 0.15) is 17.4 Å². The largest absolute Gasteiger partial charge is 0.508 e. The number of benzene rings is 1. The minimum absolute atomic E-state index is 0.0736. The SMILES string of the molecule is CC(C)(C)OC(=O)N[C@@H](Cc1ccc(O)cc1)C(=O)NCC(=O)NO. The molecule has 1 atom stereocenters. The van der Waals surface area contributed by atoms with E-state index in [1.165, 1.54) is 17.6 Å². The molecule has 0 radical (unpaired) electrons. The fraction of sp³-hybridized carbons (Fsp3) is 0.438. The Bertz CT molecular complexity index is 609. The molecule has 0 saturated heterocycles. The number of nitrogens with one attached hydrogen (secondary N) is 3. The molecule has 0 aliphatic rings. The summed E-state index contributed by atoms with van der Waals surface area (Å²) in [6, 6.07) is 5.11. The highest BCUT2D eigenvalue weighted by Crippen LogP contribution is 2.12. The molecule has 1 rings (SSSR count). The van der Waals surface area contributed by atoms with Gasteiger partial charge in [0.05, 0.1) is 6.54 Å². The molecule has 9 heteroatoms. The van der Waals surface area contributed by atoms with Gasteiger partial charge in [0.2, 0.25) is 5.91 Å². The fourth-order valence-corrected chi connectivity index (χ4v) is 1.86. The summed E-state index contributed by atoms with van der Waals surface area (Å²) in [5.41, 5.74) is 1.34. The fourth-order valence-electron chi connectivity index (χ4n) is 1.86. The maximum atomic E-state index is 12.2. The lowest BCUT2D eigenvalue weighted by molar-refractivity contribution is -0.131. The number of amides is 3. The number of phenols is 1. The Morgan fingerprint density at radius 1 is 1.16 bits per heavy atom. The maximum Gasteiger partial charge on any atom is 0.408 e. The van der Waals surface area contributed by atoms with Crippen molar-refractivity contribution < 1.29 is 29.4 Å². The van der Waals surface area contributed by atoms with Crippen LogP contribution in [-0.4, -0.2) is 46.4 Å². The molecule has 9 nitrogen and oxygen atoms in total. The molecule has 1 aromatic carbocycles. The lowest BCUT2D eigenvalue weighted by Crippen LogP contribution is -2.50. The Labute approximate surface area is 145 Å². The highest BCUT2D eigenvalue weighted by molar-refractivity contribution is 5.89. The number of alkyl carbamates (subject to hydrolysis) is 1. The van der Waals surface area contributed by atoms with Crippen molar-refractivity contribution in [3.63, 3.8) is 0 Å². The average Bonchev–Trinajstić information content (AvgIpc) is 2.51. The van der Waals surface area contributed by atoms with Crippen LogP contribution in [0.15, 0.2) is 24.3 Å². The van der Waals surface area contributed by atoms with Gasteiger partial charge in [-0.1, -0.05) is 12.1 Å². The molecule has 25 heavy (non-hydrogen) atoms. The van der Waals surface area contributed by atoms with E-state index in [1.54, 1.807) is 32.9 Å². The molecule has 138 valence electrons. The molecule has 0 bridgehead atoms. The number of phenolic OH excluding ortho intramolecular Hbond substituents is 1. The van der Waals surface area contributed by atoms with Gasteiger partial charge in [-0.05, 0) is 38.5 Å². The smallest absolute Gasteiger partial charge is 0.408 e. The number of carbonyl (C=O) groups excluding carboxylic acids is 3. The summed E-state index contributed by atoms with van der Waals surface area (Å²) in [6.07, 6.45) is -0.662. The monoisotopic (exact) mass is 353 g/mol. The van der Waals surface area contributed by atoms with E-state index in [0.29, 0.717) is 5.56 Å². The van der Waals surface area contributed by atoms with Crippen molar-refractivity contribution in [2.24, 2.45) is 0 Å². The highest BCUT2D eigenvalue weighted by atomic mass is 16.6. The summed E-state index contributed by atoms with van der Waals surface area (Å²) < 4.78 is 5.13. The first-order valence-corrected chi connectivity index (χ1v) is 7.59. The van der Waals surface area contributed by atoms with Gasteiger partial charge < -0.3 is 20.5 Å². The zero-order chi connectivity index (χ0) is 19.0. The van der Waals surface area contributed by atoms with Gasteiger partial charge in [0, 0.05) is 6.42 Å². The predicted molar refractivity (Wildman–Crippen MR) is 87.9 cm³/mol. The Morgan fingerprint density at radius 3 is 2.28 bits per heavy atom. The van der Waals surface area contributed by atoms with Gasteiger partial charge in [-0.15, -0.1) is 0 Å². The van der Waals surface area contributed by atoms with Crippen LogP contribution in [0.5, 0.6) is 5.75 Å². The van der Waals surface area contributed by atoms with E-state index in [-0.39, 0.29) is 12.2 Å². The first-order chi connectivity index (χ1) is 11.6. The first kappa shape index (κ1) is 20.2. The van der Waals surface area contributed by atoms with Gasteiger partial charge >= 0.3 is 6.09 Å². The lowest BCUT2D eigenvalue weighted by Gasteiger charge is -2.23. The number of aromatic hydroxyl groups is 1. The summed E-state index contributed by atoms with van der Waals surface area (Å²) in [5, 5.41) is 22.5. The van der Waals surface area contributed by atoms with E-state index < -0.39 is 36.1 Å². The van der Waals surface area contributed by atoms with E-state index in [4.69, 9.17) is 9.94 Å². The van der Waals surface area contributed by atoms with Gasteiger partial charge in [-0.2, -0.15) is 0 Å². The zero-order valence-electron chi connectivity index (χ0n) is 14.3. The zero-order valence-corrected chi connectivity index (χ0v) is 14.3. The van der Waals surface area contributed by atoms with E-state index >= 15 is 0 Å². The molecule has 1 aromatic rings. The Balaban J connectivity index is 2.81. The van der Waals surface area contributed by atoms with E-state index in [2.05, 4.69) is 10.6 Å². The van der Waals surface area contributed by atoms with Gasteiger partial charge in [-0.3, -0.25) is 14.8 Å². The number of hydrogen-bond donors (Lipinski definition) is 5. The van der Waals surface area contributed by atoms with Crippen LogP contribution >= 0.6 is 0 Å². The molecular formula is C16H23N3O6. The van der Waals surface area contributed by atoms with Crippen molar-refractivity contribution in [2.75, 3.05) is 6.54 Å². The Morgan fingerprint density at radius 2 is 1.76 bits per heavy atom. The van der Waals surface area contributed by atoms with Crippen LogP contribution in [0.3, 0.4) is 0 Å². The molecule has 3 amide bonds. The van der Waals surface area contributed by atoms with Crippen LogP contribution in [0, 0.1) is 0 Å².